The number of hydrogen-bond donors (Lipinski definition) is 1. The first-order valence-electron chi connectivity index (χ1n) is 6.68. The summed E-state index contributed by atoms with van der Waals surface area (Å²) in [5.41, 5.74) is 7.79. The highest BCUT2D eigenvalue weighted by Crippen LogP contribution is 2.37. The van der Waals surface area contributed by atoms with Crippen LogP contribution in [0.5, 0.6) is 11.5 Å². The van der Waals surface area contributed by atoms with Crippen molar-refractivity contribution in [2.24, 2.45) is 5.73 Å². The molecule has 4 nitrogen and oxygen atoms in total. The van der Waals surface area contributed by atoms with Crippen molar-refractivity contribution >= 4 is 47.8 Å². The Kier molecular flexibility index (Phi) is 8.57. The lowest BCUT2D eigenvalue weighted by Crippen LogP contribution is -2.05. The normalized spacial score (nSPS) is 10.1. The lowest BCUT2D eigenvalue weighted by atomic mass is 10.1. The van der Waals surface area contributed by atoms with E-state index in [1.807, 2.05) is 24.3 Å². The van der Waals surface area contributed by atoms with Crippen molar-refractivity contribution in [3.05, 3.63) is 54.9 Å². The highest BCUT2D eigenvalue weighted by Gasteiger charge is 2.11. The van der Waals surface area contributed by atoms with Crippen LogP contribution in [-0.4, -0.2) is 19.1 Å². The molecule has 126 valence electrons. The third-order valence-electron chi connectivity index (χ3n) is 3.11. The van der Waals surface area contributed by atoms with Crippen molar-refractivity contribution in [1.29, 1.82) is 0 Å². The van der Waals surface area contributed by atoms with E-state index in [4.69, 9.17) is 15.2 Å². The van der Waals surface area contributed by atoms with Crippen LogP contribution in [0.2, 0.25) is 0 Å². The van der Waals surface area contributed by atoms with Crippen LogP contribution in [0.1, 0.15) is 11.1 Å². The lowest BCUT2D eigenvalue weighted by Gasteiger charge is -2.14. The molecule has 0 saturated heterocycles. The Labute approximate surface area is 161 Å². The molecular weight excluding hydrogens is 494 g/mol. The van der Waals surface area contributed by atoms with Crippen molar-refractivity contribution in [1.82, 2.24) is 0 Å². The van der Waals surface area contributed by atoms with E-state index < -0.39 is 0 Å². The Morgan fingerprint density at radius 2 is 1.70 bits per heavy atom. The van der Waals surface area contributed by atoms with Gasteiger partial charge in [-0.05, 0) is 74.7 Å². The van der Waals surface area contributed by atoms with E-state index in [1.54, 1.807) is 7.11 Å². The van der Waals surface area contributed by atoms with Crippen molar-refractivity contribution in [3.63, 3.8) is 0 Å². The van der Waals surface area contributed by atoms with Crippen LogP contribution in [0, 0.1) is 0 Å². The first kappa shape index (κ1) is 20.4. The number of benzene rings is 2. The third-order valence-corrected chi connectivity index (χ3v) is 4.75. The predicted octanol–water partition coefficient (Wildman–Crippen LogP) is 4.24. The van der Waals surface area contributed by atoms with Crippen molar-refractivity contribution in [2.75, 3.05) is 13.7 Å². The smallest absolute Gasteiger partial charge is 0.148 e. The fourth-order valence-electron chi connectivity index (χ4n) is 2.08. The third kappa shape index (κ3) is 5.46. The number of methoxy groups -OCH3 is 1. The topological polar surface area (TPSA) is 76.0 Å². The maximum atomic E-state index is 5.96. The van der Waals surface area contributed by atoms with Gasteiger partial charge in [-0.25, -0.2) is 0 Å². The largest absolute Gasteiger partial charge is 0.496 e. The molecule has 23 heavy (non-hydrogen) atoms. The Hall–Kier alpha value is -0.600. The number of halogens is 3. The summed E-state index contributed by atoms with van der Waals surface area (Å²) in [5, 5.41) is 0. The average Bonchev–Trinajstić information content (AvgIpc) is 2.46. The molecule has 7 heteroatoms. The van der Waals surface area contributed by atoms with Crippen molar-refractivity contribution in [2.45, 2.75) is 13.0 Å². The Morgan fingerprint density at radius 3 is 2.26 bits per heavy atom. The van der Waals surface area contributed by atoms with E-state index in [0.29, 0.717) is 13.2 Å². The van der Waals surface area contributed by atoms with Gasteiger partial charge in [-0.3, -0.25) is 0 Å². The summed E-state index contributed by atoms with van der Waals surface area (Å²) in [7, 11) is 1.66. The summed E-state index contributed by atoms with van der Waals surface area (Å²) in [5.74, 6) is 1.57. The maximum absolute atomic E-state index is 5.96. The van der Waals surface area contributed by atoms with E-state index in [1.165, 1.54) is 5.56 Å². The molecule has 0 atom stereocenters. The van der Waals surface area contributed by atoms with Crippen LogP contribution in [0.15, 0.2) is 43.7 Å². The maximum Gasteiger partial charge on any atom is 0.148 e. The van der Waals surface area contributed by atoms with E-state index in [0.717, 1.165) is 36.9 Å². The van der Waals surface area contributed by atoms with E-state index in [9.17, 15) is 0 Å². The molecule has 0 heterocycles. The predicted molar refractivity (Wildman–Crippen MR) is 103 cm³/mol. The number of hydrogen-bond acceptors (Lipinski definition) is 3. The van der Waals surface area contributed by atoms with Crippen LogP contribution >= 0.6 is 47.8 Å². The zero-order valence-corrected chi connectivity index (χ0v) is 17.3. The highest BCUT2D eigenvalue weighted by molar-refractivity contribution is 9.11. The average molecular weight is 512 g/mol. The molecule has 0 bridgehead atoms. The van der Waals surface area contributed by atoms with E-state index in [2.05, 4.69) is 53.9 Å². The van der Waals surface area contributed by atoms with Gasteiger partial charge in [0, 0.05) is 10.0 Å². The van der Waals surface area contributed by atoms with E-state index in [-0.39, 0.29) is 5.48 Å². The molecule has 0 aliphatic heterocycles. The van der Waals surface area contributed by atoms with Crippen LogP contribution in [0.25, 0.3) is 0 Å². The molecule has 0 aromatic heterocycles. The first-order chi connectivity index (χ1) is 10.5. The van der Waals surface area contributed by atoms with Gasteiger partial charge in [0.25, 0.3) is 0 Å². The second-order valence-corrected chi connectivity index (χ2v) is 7.30. The summed E-state index contributed by atoms with van der Waals surface area (Å²) >= 11 is 10.5. The monoisotopic (exact) mass is 509 g/mol. The molecule has 0 fully saturated rings. The lowest BCUT2D eigenvalue weighted by molar-refractivity contribution is 0.293. The molecule has 4 N–H and O–H groups in total. The van der Waals surface area contributed by atoms with Crippen molar-refractivity contribution < 1.29 is 14.9 Å². The number of ether oxygens (including phenoxy) is 2. The van der Waals surface area contributed by atoms with Gasteiger partial charge in [-0.2, -0.15) is 0 Å². The minimum atomic E-state index is 0. The Bertz CT molecular complexity index is 642. The molecule has 2 aromatic rings. The summed E-state index contributed by atoms with van der Waals surface area (Å²) in [6.07, 6.45) is 0.836. The summed E-state index contributed by atoms with van der Waals surface area (Å²) in [6, 6.07) is 9.95. The molecule has 0 saturated carbocycles. The molecule has 0 spiro atoms. The highest BCUT2D eigenvalue weighted by atomic mass is 79.9. The van der Waals surface area contributed by atoms with Crippen molar-refractivity contribution in [3.8, 4) is 11.5 Å². The quantitative estimate of drug-likeness (QED) is 0.630. The molecule has 0 unspecified atom stereocenters. The standard InChI is InChI=1S/C16H16Br3NO2.H2O/c1-21-15-3-2-10(4-5-20)6-11(15)9-22-16-13(18)7-12(17)8-14(16)19;/h2-3,6-8H,4-5,9,20H2,1H3;1H2. The zero-order valence-electron chi connectivity index (χ0n) is 12.5. The van der Waals surface area contributed by atoms with Gasteiger partial charge in [-0.15, -0.1) is 0 Å². The van der Waals surface area contributed by atoms with Crippen LogP contribution < -0.4 is 15.2 Å². The minimum absolute atomic E-state index is 0. The molecular formula is C16H18Br3NO3. The van der Waals surface area contributed by atoms with Gasteiger partial charge in [0.2, 0.25) is 0 Å². The van der Waals surface area contributed by atoms with Gasteiger partial charge in [-0.1, -0.05) is 22.0 Å². The number of rotatable bonds is 6. The number of nitrogens with two attached hydrogens (primary N) is 1. The fraction of sp³-hybridized carbons (Fsp3) is 0.250. The van der Waals surface area contributed by atoms with Gasteiger partial charge in [0.05, 0.1) is 16.1 Å². The van der Waals surface area contributed by atoms with Crippen LogP contribution in [-0.2, 0) is 13.0 Å². The first-order valence-corrected chi connectivity index (χ1v) is 9.06. The van der Waals surface area contributed by atoms with Gasteiger partial charge < -0.3 is 20.7 Å². The zero-order chi connectivity index (χ0) is 16.1. The summed E-state index contributed by atoms with van der Waals surface area (Å²) in [6.45, 7) is 1.04. The van der Waals surface area contributed by atoms with Crippen LogP contribution in [0.4, 0.5) is 0 Å². The molecule has 0 radical (unpaired) electrons. The van der Waals surface area contributed by atoms with Crippen LogP contribution in [0.3, 0.4) is 0 Å². The summed E-state index contributed by atoms with van der Waals surface area (Å²) in [4.78, 5) is 0. The Balaban J connectivity index is 0.00000264. The second-order valence-electron chi connectivity index (χ2n) is 4.67. The van der Waals surface area contributed by atoms with Gasteiger partial charge in [0.1, 0.15) is 18.1 Å². The van der Waals surface area contributed by atoms with Gasteiger partial charge in [0.15, 0.2) is 0 Å². The van der Waals surface area contributed by atoms with E-state index >= 15 is 0 Å². The SMILES string of the molecule is COc1ccc(CCN)cc1COc1c(Br)cc(Br)cc1Br.O. The molecule has 2 rings (SSSR count). The molecule has 0 aliphatic carbocycles. The molecule has 0 amide bonds. The minimum Gasteiger partial charge on any atom is -0.496 e. The fourth-order valence-corrected chi connectivity index (χ4v) is 4.57. The van der Waals surface area contributed by atoms with Gasteiger partial charge >= 0.3 is 0 Å². The second kappa shape index (κ2) is 9.64. The summed E-state index contributed by atoms with van der Waals surface area (Å²) < 4.78 is 14.1. The molecule has 2 aromatic carbocycles. The Morgan fingerprint density at radius 1 is 1.04 bits per heavy atom. The molecule has 0 aliphatic rings.